The minimum absolute atomic E-state index is 0. The Morgan fingerprint density at radius 1 is 1.18 bits per heavy atom. The van der Waals surface area contributed by atoms with Crippen LogP contribution in [0, 0.1) is 0 Å². The van der Waals surface area contributed by atoms with Crippen LogP contribution in [0.3, 0.4) is 0 Å². The number of hydrogen-bond donors (Lipinski definition) is 1. The Kier molecular flexibility index (Phi) is 7.46. The van der Waals surface area contributed by atoms with Crippen LogP contribution in [0.2, 0.25) is 0 Å². The van der Waals surface area contributed by atoms with Crippen molar-refractivity contribution in [2.45, 2.75) is 58.4 Å². The fourth-order valence-corrected chi connectivity index (χ4v) is 3.02. The monoisotopic (exact) mass is 323 g/mol. The molecule has 2 aromatic rings. The molecule has 122 valence electrons. The number of benzene rings is 1. The molecule has 4 heteroatoms. The third-order valence-corrected chi connectivity index (χ3v) is 4.23. The second-order valence-electron chi connectivity index (χ2n) is 5.68. The molecule has 0 saturated heterocycles. The molecule has 0 saturated carbocycles. The maximum atomic E-state index is 11.4. The Morgan fingerprint density at radius 3 is 2.55 bits per heavy atom. The van der Waals surface area contributed by atoms with E-state index >= 15 is 0 Å². The number of hydrogen-bond acceptors (Lipinski definition) is 1. The molecule has 1 N–H and O–H groups in total. The zero-order valence-corrected chi connectivity index (χ0v) is 14.2. The Balaban J connectivity index is 0.00000242. The summed E-state index contributed by atoms with van der Waals surface area (Å²) in [4.78, 5) is 11.4. The molecule has 1 aromatic heterocycles. The lowest BCUT2D eigenvalue weighted by atomic mass is 10.0. The molecule has 3 nitrogen and oxygen atoms in total. The van der Waals surface area contributed by atoms with Gasteiger partial charge in [-0.15, -0.1) is 12.4 Å². The van der Waals surface area contributed by atoms with Crippen LogP contribution in [0.25, 0.3) is 10.9 Å². The van der Waals surface area contributed by atoms with Crippen molar-refractivity contribution in [3.63, 3.8) is 0 Å². The first-order valence-corrected chi connectivity index (χ1v) is 8.01. The number of carbonyl (C=O) groups is 1. The second-order valence-corrected chi connectivity index (χ2v) is 5.68. The number of fused-ring (bicyclic) bond motifs is 1. The summed E-state index contributed by atoms with van der Waals surface area (Å²) in [5, 5.41) is 10.2. The van der Waals surface area contributed by atoms with E-state index in [4.69, 9.17) is 0 Å². The minimum Gasteiger partial charge on any atom is -0.478 e. The zero-order valence-electron chi connectivity index (χ0n) is 13.4. The number of carboxylic acid groups (broad SMARTS) is 1. The lowest BCUT2D eigenvalue weighted by molar-refractivity contribution is 0.0698. The van der Waals surface area contributed by atoms with Crippen LogP contribution in [0.4, 0.5) is 0 Å². The topological polar surface area (TPSA) is 42.2 Å². The van der Waals surface area contributed by atoms with Crippen LogP contribution < -0.4 is 0 Å². The lowest BCUT2D eigenvalue weighted by Gasteiger charge is -2.18. The molecule has 0 amide bonds. The summed E-state index contributed by atoms with van der Waals surface area (Å²) in [6, 6.07) is 8.20. The van der Waals surface area contributed by atoms with E-state index in [2.05, 4.69) is 18.4 Å². The molecule has 0 aliphatic rings. The molecule has 0 spiro atoms. The highest BCUT2D eigenvalue weighted by Gasteiger charge is 2.17. The predicted octanol–water partition coefficient (Wildman–Crippen LogP) is 5.68. The number of aromatic nitrogens is 1. The molecular formula is C18H26ClNO2. The lowest BCUT2D eigenvalue weighted by Crippen LogP contribution is -2.07. The van der Waals surface area contributed by atoms with Crippen molar-refractivity contribution in [1.29, 1.82) is 0 Å². The quantitative estimate of drug-likeness (QED) is 0.635. The van der Waals surface area contributed by atoms with Crippen molar-refractivity contribution in [2.75, 3.05) is 0 Å². The molecule has 1 aromatic carbocycles. The van der Waals surface area contributed by atoms with E-state index in [1.165, 1.54) is 25.7 Å². The van der Waals surface area contributed by atoms with Gasteiger partial charge >= 0.3 is 5.97 Å². The number of rotatable bonds is 8. The molecular weight excluding hydrogens is 298 g/mol. The van der Waals surface area contributed by atoms with Crippen LogP contribution in [-0.4, -0.2) is 15.6 Å². The van der Waals surface area contributed by atoms with Crippen molar-refractivity contribution in [3.8, 4) is 0 Å². The standard InChI is InChI=1S/C18H25NO2.ClH/c1-3-5-6-7-10-14(4-2)19-13-16(18(20)21)15-11-8-9-12-17(15)19;/h8-9,11-14H,3-7,10H2,1-2H3,(H,20,21);1H. The molecule has 0 aliphatic carbocycles. The van der Waals surface area contributed by atoms with Gasteiger partial charge in [0, 0.05) is 23.1 Å². The maximum absolute atomic E-state index is 11.4. The number of unbranched alkanes of at least 4 members (excludes halogenated alkanes) is 3. The first-order valence-electron chi connectivity index (χ1n) is 8.01. The maximum Gasteiger partial charge on any atom is 0.337 e. The van der Waals surface area contributed by atoms with Crippen LogP contribution in [0.5, 0.6) is 0 Å². The zero-order chi connectivity index (χ0) is 15.2. The van der Waals surface area contributed by atoms with E-state index < -0.39 is 5.97 Å². The van der Waals surface area contributed by atoms with Gasteiger partial charge in [-0.1, -0.05) is 57.7 Å². The van der Waals surface area contributed by atoms with Gasteiger partial charge < -0.3 is 9.67 Å². The van der Waals surface area contributed by atoms with Crippen molar-refractivity contribution in [1.82, 2.24) is 4.57 Å². The SMILES string of the molecule is CCCCCCC(CC)n1cc(C(=O)O)c2ccccc21.Cl. The van der Waals surface area contributed by atoms with E-state index in [9.17, 15) is 9.90 Å². The molecule has 22 heavy (non-hydrogen) atoms. The van der Waals surface area contributed by atoms with Gasteiger partial charge in [0.05, 0.1) is 5.56 Å². The van der Waals surface area contributed by atoms with Gasteiger partial charge in [-0.05, 0) is 18.9 Å². The van der Waals surface area contributed by atoms with Crippen LogP contribution >= 0.6 is 12.4 Å². The Bertz CT molecular complexity index is 606. The fourth-order valence-electron chi connectivity index (χ4n) is 3.02. The molecule has 0 fully saturated rings. The van der Waals surface area contributed by atoms with Gasteiger partial charge in [0.2, 0.25) is 0 Å². The number of para-hydroxylation sites is 1. The van der Waals surface area contributed by atoms with Crippen molar-refractivity contribution < 1.29 is 9.90 Å². The largest absolute Gasteiger partial charge is 0.478 e. The normalized spacial score (nSPS) is 12.1. The number of aromatic carboxylic acids is 1. The molecule has 0 aliphatic heterocycles. The molecule has 1 atom stereocenters. The van der Waals surface area contributed by atoms with Gasteiger partial charge in [-0.3, -0.25) is 0 Å². The van der Waals surface area contributed by atoms with Crippen molar-refractivity contribution in [2.24, 2.45) is 0 Å². The first kappa shape index (κ1) is 18.6. The van der Waals surface area contributed by atoms with Crippen LogP contribution in [0.1, 0.15) is 68.8 Å². The van der Waals surface area contributed by atoms with Gasteiger partial charge in [-0.2, -0.15) is 0 Å². The molecule has 1 unspecified atom stereocenters. The highest BCUT2D eigenvalue weighted by atomic mass is 35.5. The third kappa shape index (κ3) is 4.04. The highest BCUT2D eigenvalue weighted by Crippen LogP contribution is 2.29. The van der Waals surface area contributed by atoms with Crippen molar-refractivity contribution in [3.05, 3.63) is 36.0 Å². The van der Waals surface area contributed by atoms with E-state index in [-0.39, 0.29) is 12.4 Å². The smallest absolute Gasteiger partial charge is 0.337 e. The van der Waals surface area contributed by atoms with Gasteiger partial charge in [0.25, 0.3) is 0 Å². The van der Waals surface area contributed by atoms with Crippen LogP contribution in [0.15, 0.2) is 30.5 Å². The average molecular weight is 324 g/mol. The summed E-state index contributed by atoms with van der Waals surface area (Å²) >= 11 is 0. The average Bonchev–Trinajstić information content (AvgIpc) is 2.87. The minimum atomic E-state index is -0.842. The predicted molar refractivity (Wildman–Crippen MR) is 94.2 cm³/mol. The Hall–Kier alpha value is -1.48. The number of nitrogens with zero attached hydrogens (tertiary/aromatic N) is 1. The molecule has 0 radical (unpaired) electrons. The number of halogens is 1. The van der Waals surface area contributed by atoms with Crippen molar-refractivity contribution >= 4 is 29.3 Å². The van der Waals surface area contributed by atoms with E-state index in [1.54, 1.807) is 0 Å². The Morgan fingerprint density at radius 2 is 1.91 bits per heavy atom. The third-order valence-electron chi connectivity index (χ3n) is 4.23. The Labute approximate surface area is 138 Å². The first-order chi connectivity index (χ1) is 10.2. The summed E-state index contributed by atoms with van der Waals surface area (Å²) in [6.07, 6.45) is 8.97. The summed E-state index contributed by atoms with van der Waals surface area (Å²) in [5.74, 6) is -0.842. The van der Waals surface area contributed by atoms with E-state index in [1.807, 2.05) is 30.5 Å². The summed E-state index contributed by atoms with van der Waals surface area (Å²) < 4.78 is 2.17. The second kappa shape index (κ2) is 8.84. The molecule has 0 bridgehead atoms. The van der Waals surface area contributed by atoms with Gasteiger partial charge in [-0.25, -0.2) is 4.79 Å². The number of carboxylic acids is 1. The summed E-state index contributed by atoms with van der Waals surface area (Å²) in [7, 11) is 0. The molecule has 1 heterocycles. The van der Waals surface area contributed by atoms with Crippen LogP contribution in [-0.2, 0) is 0 Å². The van der Waals surface area contributed by atoms with E-state index in [0.717, 1.165) is 23.7 Å². The summed E-state index contributed by atoms with van der Waals surface area (Å²) in [6.45, 7) is 4.40. The summed E-state index contributed by atoms with van der Waals surface area (Å²) in [5.41, 5.74) is 1.45. The van der Waals surface area contributed by atoms with E-state index in [0.29, 0.717) is 11.6 Å². The van der Waals surface area contributed by atoms with Gasteiger partial charge in [0.1, 0.15) is 0 Å². The van der Waals surface area contributed by atoms with Gasteiger partial charge in [0.15, 0.2) is 0 Å². The highest BCUT2D eigenvalue weighted by molar-refractivity contribution is 6.03. The molecule has 2 rings (SSSR count). The fraction of sp³-hybridized carbons (Fsp3) is 0.500.